The number of thiol groups is 1. The summed E-state index contributed by atoms with van der Waals surface area (Å²) in [6.07, 6.45) is 0. The highest BCUT2D eigenvalue weighted by atomic mass is 32.1. The largest absolute Gasteiger partial charge is 0.269 e. The Morgan fingerprint density at radius 3 is 1.27 bits per heavy atom. The van der Waals surface area contributed by atoms with Crippen molar-refractivity contribution in [2.75, 3.05) is 0 Å². The predicted octanol–water partition coefficient (Wildman–Crippen LogP) is 7.63. The Kier molecular flexibility index (Phi) is 5.68. The fourth-order valence-corrected chi connectivity index (χ4v) is 3.14. The van der Waals surface area contributed by atoms with E-state index in [2.05, 4.69) is 22.9 Å². The molecule has 146 valence electrons. The molecule has 0 amide bonds. The van der Waals surface area contributed by atoms with Gasteiger partial charge in [0.1, 0.15) is 0 Å². The molecule has 4 aromatic rings. The van der Waals surface area contributed by atoms with Crippen molar-refractivity contribution in [2.24, 2.45) is 10.2 Å². The third-order valence-electron chi connectivity index (χ3n) is 4.63. The number of non-ortho nitro benzene ring substituents is 1. The first-order valence-corrected chi connectivity index (χ1v) is 9.69. The number of rotatable bonds is 5. The van der Waals surface area contributed by atoms with Crippen LogP contribution < -0.4 is 0 Å². The lowest BCUT2D eigenvalue weighted by Crippen LogP contribution is -1.86. The van der Waals surface area contributed by atoms with Gasteiger partial charge in [-0.2, -0.15) is 10.2 Å². The molecule has 4 rings (SSSR count). The molecule has 6 heteroatoms. The summed E-state index contributed by atoms with van der Waals surface area (Å²) in [5.74, 6) is 0. The van der Waals surface area contributed by atoms with Gasteiger partial charge in [-0.1, -0.05) is 36.4 Å². The van der Waals surface area contributed by atoms with Gasteiger partial charge in [-0.25, -0.2) is 0 Å². The minimum atomic E-state index is -0.405. The molecule has 0 atom stereocenters. The van der Waals surface area contributed by atoms with Crippen LogP contribution in [0.1, 0.15) is 0 Å². The van der Waals surface area contributed by atoms with Crippen LogP contribution in [0.25, 0.3) is 22.3 Å². The summed E-state index contributed by atoms with van der Waals surface area (Å²) < 4.78 is 0. The molecule has 0 unspecified atom stereocenters. The number of hydrogen-bond donors (Lipinski definition) is 1. The number of benzene rings is 4. The van der Waals surface area contributed by atoms with Crippen LogP contribution in [-0.4, -0.2) is 4.92 Å². The van der Waals surface area contributed by atoms with Gasteiger partial charge < -0.3 is 0 Å². The monoisotopic (exact) mass is 411 g/mol. The van der Waals surface area contributed by atoms with Gasteiger partial charge in [0.05, 0.1) is 16.3 Å². The molecule has 0 radical (unpaired) electrons. The number of nitro groups is 1. The fraction of sp³-hybridized carbons (Fsp3) is 0. The Morgan fingerprint density at radius 1 is 0.567 bits per heavy atom. The van der Waals surface area contributed by atoms with E-state index in [1.165, 1.54) is 12.1 Å². The van der Waals surface area contributed by atoms with Crippen LogP contribution in [0.4, 0.5) is 17.1 Å². The lowest BCUT2D eigenvalue weighted by molar-refractivity contribution is -0.384. The van der Waals surface area contributed by atoms with Crippen molar-refractivity contribution in [1.29, 1.82) is 0 Å². The van der Waals surface area contributed by atoms with E-state index in [4.69, 9.17) is 0 Å². The maximum absolute atomic E-state index is 10.8. The summed E-state index contributed by atoms with van der Waals surface area (Å²) in [6.45, 7) is 0. The SMILES string of the molecule is O=[N+]([O-])c1ccc(-c2ccc(N=Nc3ccc(-c4ccc(S)cc4)cc3)cc2)cc1. The first-order chi connectivity index (χ1) is 14.6. The summed E-state index contributed by atoms with van der Waals surface area (Å²) in [5.41, 5.74) is 5.67. The molecule has 5 nitrogen and oxygen atoms in total. The van der Waals surface area contributed by atoms with Gasteiger partial charge in [-0.05, 0) is 70.8 Å². The average Bonchev–Trinajstić information content (AvgIpc) is 2.79. The zero-order valence-electron chi connectivity index (χ0n) is 15.8. The molecule has 0 aromatic heterocycles. The van der Waals surface area contributed by atoms with Crippen LogP contribution in [0.2, 0.25) is 0 Å². The van der Waals surface area contributed by atoms with E-state index >= 15 is 0 Å². The second-order valence-corrected chi connectivity index (χ2v) is 7.16. The number of hydrogen-bond acceptors (Lipinski definition) is 5. The molecule has 0 saturated heterocycles. The fourth-order valence-electron chi connectivity index (χ4n) is 2.99. The minimum absolute atomic E-state index is 0.0777. The average molecular weight is 411 g/mol. The van der Waals surface area contributed by atoms with Gasteiger partial charge in [0.25, 0.3) is 5.69 Å². The van der Waals surface area contributed by atoms with Crippen LogP contribution in [0.5, 0.6) is 0 Å². The molecule has 30 heavy (non-hydrogen) atoms. The van der Waals surface area contributed by atoms with Gasteiger partial charge in [-0.15, -0.1) is 12.6 Å². The summed E-state index contributed by atoms with van der Waals surface area (Å²) in [4.78, 5) is 11.3. The van der Waals surface area contributed by atoms with Crippen molar-refractivity contribution in [3.05, 3.63) is 107 Å². The zero-order chi connectivity index (χ0) is 20.9. The Balaban J connectivity index is 1.45. The highest BCUT2D eigenvalue weighted by molar-refractivity contribution is 7.80. The Hall–Kier alpha value is -3.77. The third-order valence-corrected chi connectivity index (χ3v) is 4.93. The van der Waals surface area contributed by atoms with Gasteiger partial charge in [0.2, 0.25) is 0 Å². The van der Waals surface area contributed by atoms with Crippen molar-refractivity contribution in [2.45, 2.75) is 4.90 Å². The Labute approximate surface area is 179 Å². The van der Waals surface area contributed by atoms with Crippen molar-refractivity contribution in [1.82, 2.24) is 0 Å². The van der Waals surface area contributed by atoms with Gasteiger partial charge in [0, 0.05) is 17.0 Å². The van der Waals surface area contributed by atoms with E-state index in [0.717, 1.165) is 38.5 Å². The lowest BCUT2D eigenvalue weighted by atomic mass is 10.1. The molecule has 0 bridgehead atoms. The highest BCUT2D eigenvalue weighted by Gasteiger charge is 2.05. The van der Waals surface area contributed by atoms with Crippen LogP contribution in [0.15, 0.2) is 112 Å². The van der Waals surface area contributed by atoms with Gasteiger partial charge >= 0.3 is 0 Å². The molecule has 0 N–H and O–H groups in total. The number of nitrogens with zero attached hydrogens (tertiary/aromatic N) is 3. The molecule has 0 heterocycles. The summed E-state index contributed by atoms with van der Waals surface area (Å²) >= 11 is 4.31. The molecule has 0 aliphatic heterocycles. The minimum Gasteiger partial charge on any atom is -0.258 e. The third kappa shape index (κ3) is 4.61. The zero-order valence-corrected chi connectivity index (χ0v) is 16.7. The van der Waals surface area contributed by atoms with E-state index in [0.29, 0.717) is 0 Å². The number of azo groups is 1. The molecule has 0 spiro atoms. The lowest BCUT2D eigenvalue weighted by Gasteiger charge is -2.03. The van der Waals surface area contributed by atoms with Crippen LogP contribution in [0, 0.1) is 10.1 Å². The Bertz CT molecular complexity index is 1190. The van der Waals surface area contributed by atoms with Crippen molar-refractivity contribution in [3.8, 4) is 22.3 Å². The summed E-state index contributed by atoms with van der Waals surface area (Å²) in [5, 5.41) is 19.4. The first-order valence-electron chi connectivity index (χ1n) is 9.25. The summed E-state index contributed by atoms with van der Waals surface area (Å²) in [7, 11) is 0. The van der Waals surface area contributed by atoms with Gasteiger partial charge in [-0.3, -0.25) is 10.1 Å². The molecule has 0 saturated carbocycles. The quantitative estimate of drug-likeness (QED) is 0.159. The molecular weight excluding hydrogens is 394 g/mol. The van der Waals surface area contributed by atoms with Crippen LogP contribution >= 0.6 is 12.6 Å². The van der Waals surface area contributed by atoms with Crippen molar-refractivity contribution in [3.63, 3.8) is 0 Å². The molecule has 4 aromatic carbocycles. The second kappa shape index (κ2) is 8.71. The van der Waals surface area contributed by atoms with Crippen molar-refractivity contribution < 1.29 is 4.92 Å². The maximum atomic E-state index is 10.8. The molecule has 0 aliphatic carbocycles. The normalized spacial score (nSPS) is 11.0. The highest BCUT2D eigenvalue weighted by Crippen LogP contribution is 2.27. The van der Waals surface area contributed by atoms with Gasteiger partial charge in [0.15, 0.2) is 0 Å². The Morgan fingerprint density at radius 2 is 0.900 bits per heavy atom. The van der Waals surface area contributed by atoms with E-state index in [-0.39, 0.29) is 5.69 Å². The van der Waals surface area contributed by atoms with Crippen LogP contribution in [-0.2, 0) is 0 Å². The topological polar surface area (TPSA) is 67.9 Å². The molecular formula is C24H17N3O2S. The van der Waals surface area contributed by atoms with Crippen LogP contribution in [0.3, 0.4) is 0 Å². The van der Waals surface area contributed by atoms with E-state index in [9.17, 15) is 10.1 Å². The first kappa shape index (κ1) is 19.5. The van der Waals surface area contributed by atoms with E-state index in [1.54, 1.807) is 12.1 Å². The smallest absolute Gasteiger partial charge is 0.258 e. The molecule has 0 fully saturated rings. The maximum Gasteiger partial charge on any atom is 0.269 e. The standard InChI is InChI=1S/C24H17N3O2S/c28-27(29)23-13-5-19(6-14-23)17-1-9-21(10-2-17)25-26-22-11-3-18(4-12-22)20-7-15-24(30)16-8-20/h1-16,30H. The molecule has 0 aliphatic rings. The second-order valence-electron chi connectivity index (χ2n) is 6.64. The van der Waals surface area contributed by atoms with Crippen molar-refractivity contribution >= 4 is 29.7 Å². The summed E-state index contributed by atoms with van der Waals surface area (Å²) in [6, 6.07) is 29.9. The van der Waals surface area contributed by atoms with E-state index < -0.39 is 4.92 Å². The van der Waals surface area contributed by atoms with E-state index in [1.807, 2.05) is 72.8 Å². The number of nitro benzene ring substituents is 1. The predicted molar refractivity (Wildman–Crippen MR) is 122 cm³/mol.